The maximum Gasteiger partial charge on any atom is 0.129 e. The van der Waals surface area contributed by atoms with Crippen molar-refractivity contribution in [1.29, 1.82) is 0 Å². The molecule has 0 saturated carbocycles. The quantitative estimate of drug-likeness (QED) is 0.462. The molecule has 0 aromatic carbocycles. The number of rotatable bonds is 2. The van der Waals surface area contributed by atoms with Gasteiger partial charge in [0, 0.05) is 6.21 Å². The van der Waals surface area contributed by atoms with E-state index in [0.717, 1.165) is 6.42 Å². The maximum atomic E-state index is 5.19. The van der Waals surface area contributed by atoms with Crippen LogP contribution >= 0.6 is 0 Å². The van der Waals surface area contributed by atoms with E-state index in [-0.39, 0.29) is 5.60 Å². The summed E-state index contributed by atoms with van der Waals surface area (Å²) in [4.78, 5) is 5.19. The molecule has 0 aromatic rings. The lowest BCUT2D eigenvalue weighted by molar-refractivity contribution is 0.00131. The van der Waals surface area contributed by atoms with E-state index in [1.54, 1.807) is 0 Å². The lowest BCUT2D eigenvalue weighted by Crippen LogP contribution is -2.16. The fourth-order valence-electron chi connectivity index (χ4n) is 0.507. The first-order valence-electron chi connectivity index (χ1n) is 4.41. The van der Waals surface area contributed by atoms with Crippen LogP contribution in [0, 0.1) is 5.41 Å². The van der Waals surface area contributed by atoms with Crippen molar-refractivity contribution in [1.82, 2.24) is 0 Å². The molecule has 0 heterocycles. The van der Waals surface area contributed by atoms with Crippen LogP contribution < -0.4 is 0 Å². The third kappa shape index (κ3) is 9.47. The summed E-state index contributed by atoms with van der Waals surface area (Å²) in [5.41, 5.74) is 0.124. The fourth-order valence-corrected chi connectivity index (χ4v) is 0.507. The molecular formula is C10H21NO. The highest BCUT2D eigenvalue weighted by Gasteiger charge is 2.10. The van der Waals surface area contributed by atoms with Gasteiger partial charge in [-0.1, -0.05) is 25.9 Å². The van der Waals surface area contributed by atoms with Crippen LogP contribution in [0.25, 0.3) is 0 Å². The first-order valence-corrected chi connectivity index (χ1v) is 4.41. The Morgan fingerprint density at radius 1 is 1.08 bits per heavy atom. The summed E-state index contributed by atoms with van der Waals surface area (Å²) in [6.07, 6.45) is 2.79. The molecule has 0 N–H and O–H groups in total. The van der Waals surface area contributed by atoms with E-state index in [2.05, 4.69) is 25.9 Å². The molecule has 0 aliphatic heterocycles. The minimum atomic E-state index is -0.172. The van der Waals surface area contributed by atoms with Crippen molar-refractivity contribution < 1.29 is 4.84 Å². The highest BCUT2D eigenvalue weighted by molar-refractivity contribution is 5.57. The van der Waals surface area contributed by atoms with Crippen LogP contribution in [0.2, 0.25) is 0 Å². The van der Waals surface area contributed by atoms with Crippen LogP contribution in [-0.4, -0.2) is 11.8 Å². The molecule has 0 aliphatic rings. The average molecular weight is 171 g/mol. The number of nitrogens with zero attached hydrogens (tertiary/aromatic N) is 1. The van der Waals surface area contributed by atoms with Gasteiger partial charge in [-0.25, -0.2) is 0 Å². The second-order valence-electron chi connectivity index (χ2n) is 5.26. The molecule has 0 saturated heterocycles. The molecule has 0 aliphatic carbocycles. The van der Waals surface area contributed by atoms with Crippen LogP contribution in [0.15, 0.2) is 5.16 Å². The van der Waals surface area contributed by atoms with Gasteiger partial charge in [-0.2, -0.15) is 0 Å². The third-order valence-corrected chi connectivity index (χ3v) is 1.10. The monoisotopic (exact) mass is 171 g/mol. The van der Waals surface area contributed by atoms with Gasteiger partial charge in [0.25, 0.3) is 0 Å². The molecule has 0 bridgehead atoms. The van der Waals surface area contributed by atoms with Crippen molar-refractivity contribution in [2.45, 2.75) is 53.6 Å². The van der Waals surface area contributed by atoms with Crippen LogP contribution in [0.5, 0.6) is 0 Å². The van der Waals surface area contributed by atoms with Gasteiger partial charge >= 0.3 is 0 Å². The van der Waals surface area contributed by atoms with E-state index in [1.807, 2.05) is 27.0 Å². The standard InChI is InChI=1S/C10H21NO/c1-9(2,3)7-8-11-12-10(4,5)6/h8H,7H2,1-6H3. The molecule has 0 amide bonds. The van der Waals surface area contributed by atoms with Crippen molar-refractivity contribution in [2.75, 3.05) is 0 Å². The second kappa shape index (κ2) is 3.92. The summed E-state index contributed by atoms with van der Waals surface area (Å²) in [5, 5.41) is 3.90. The average Bonchev–Trinajstić information content (AvgIpc) is 1.76. The highest BCUT2D eigenvalue weighted by Crippen LogP contribution is 2.16. The Bertz CT molecular complexity index is 130. The van der Waals surface area contributed by atoms with Crippen molar-refractivity contribution in [3.8, 4) is 0 Å². The van der Waals surface area contributed by atoms with Gasteiger partial charge in [0.05, 0.1) is 0 Å². The summed E-state index contributed by atoms with van der Waals surface area (Å²) < 4.78 is 0. The van der Waals surface area contributed by atoms with Gasteiger partial charge in [0.2, 0.25) is 0 Å². The first-order chi connectivity index (χ1) is 5.21. The summed E-state index contributed by atoms with van der Waals surface area (Å²) >= 11 is 0. The van der Waals surface area contributed by atoms with Gasteiger partial charge in [0.15, 0.2) is 0 Å². The number of oxime groups is 1. The molecule has 72 valence electrons. The third-order valence-electron chi connectivity index (χ3n) is 1.10. The largest absolute Gasteiger partial charge is 0.390 e. The van der Waals surface area contributed by atoms with Crippen molar-refractivity contribution in [2.24, 2.45) is 10.6 Å². The molecular weight excluding hydrogens is 150 g/mol. The molecule has 0 rings (SSSR count). The molecule has 0 radical (unpaired) electrons. The Morgan fingerprint density at radius 2 is 1.58 bits per heavy atom. The number of hydrogen-bond donors (Lipinski definition) is 0. The number of hydrogen-bond acceptors (Lipinski definition) is 2. The molecule has 0 unspecified atom stereocenters. The van der Waals surface area contributed by atoms with E-state index < -0.39 is 0 Å². The Labute approximate surface area is 76.0 Å². The van der Waals surface area contributed by atoms with E-state index in [0.29, 0.717) is 5.41 Å². The molecule has 0 atom stereocenters. The van der Waals surface area contributed by atoms with Gasteiger partial charge in [-0.3, -0.25) is 0 Å². The molecule has 2 heteroatoms. The zero-order valence-corrected chi connectivity index (χ0v) is 9.14. The maximum absolute atomic E-state index is 5.19. The Kier molecular flexibility index (Phi) is 3.75. The van der Waals surface area contributed by atoms with Gasteiger partial charge in [0.1, 0.15) is 5.60 Å². The van der Waals surface area contributed by atoms with Crippen molar-refractivity contribution >= 4 is 6.21 Å². The molecule has 0 spiro atoms. The zero-order valence-electron chi connectivity index (χ0n) is 9.14. The second-order valence-corrected chi connectivity index (χ2v) is 5.26. The highest BCUT2D eigenvalue weighted by atomic mass is 16.6. The lowest BCUT2D eigenvalue weighted by atomic mass is 9.93. The SMILES string of the molecule is CC(C)(C)CC=NOC(C)(C)C. The Balaban J connectivity index is 3.66. The van der Waals surface area contributed by atoms with E-state index in [1.165, 1.54) is 0 Å². The Morgan fingerprint density at radius 3 is 1.92 bits per heavy atom. The van der Waals surface area contributed by atoms with Crippen LogP contribution in [0.3, 0.4) is 0 Å². The molecule has 0 fully saturated rings. The van der Waals surface area contributed by atoms with E-state index >= 15 is 0 Å². The topological polar surface area (TPSA) is 21.6 Å². The first kappa shape index (κ1) is 11.5. The predicted molar refractivity (Wildman–Crippen MR) is 53.4 cm³/mol. The zero-order chi connectivity index (χ0) is 9.83. The van der Waals surface area contributed by atoms with Crippen molar-refractivity contribution in [3.63, 3.8) is 0 Å². The summed E-state index contributed by atoms with van der Waals surface area (Å²) in [6, 6.07) is 0. The van der Waals surface area contributed by atoms with Crippen LogP contribution in [0.1, 0.15) is 48.0 Å². The van der Waals surface area contributed by atoms with Gasteiger partial charge in [-0.15, -0.1) is 0 Å². The normalized spacial score (nSPS) is 13.8. The Hall–Kier alpha value is -0.530. The van der Waals surface area contributed by atoms with Gasteiger partial charge < -0.3 is 4.84 Å². The fraction of sp³-hybridized carbons (Fsp3) is 0.900. The minimum absolute atomic E-state index is 0.172. The summed E-state index contributed by atoms with van der Waals surface area (Å²) in [6.45, 7) is 12.5. The molecule has 0 aromatic heterocycles. The van der Waals surface area contributed by atoms with Crippen LogP contribution in [-0.2, 0) is 4.84 Å². The summed E-state index contributed by atoms with van der Waals surface area (Å²) in [7, 11) is 0. The molecule has 2 nitrogen and oxygen atoms in total. The van der Waals surface area contributed by atoms with E-state index in [9.17, 15) is 0 Å². The lowest BCUT2D eigenvalue weighted by Gasteiger charge is -2.17. The minimum Gasteiger partial charge on any atom is -0.390 e. The van der Waals surface area contributed by atoms with E-state index in [4.69, 9.17) is 4.84 Å². The van der Waals surface area contributed by atoms with Gasteiger partial charge in [-0.05, 0) is 32.6 Å². The van der Waals surface area contributed by atoms with Crippen LogP contribution in [0.4, 0.5) is 0 Å². The summed E-state index contributed by atoms with van der Waals surface area (Å²) in [5.74, 6) is 0. The molecule has 12 heavy (non-hydrogen) atoms. The predicted octanol–water partition coefficient (Wildman–Crippen LogP) is 3.22. The van der Waals surface area contributed by atoms with Crippen molar-refractivity contribution in [3.05, 3.63) is 0 Å². The smallest absolute Gasteiger partial charge is 0.129 e.